The molecule has 0 aromatic carbocycles. The molecule has 0 aliphatic carbocycles. The topological polar surface area (TPSA) is 91.6 Å². The summed E-state index contributed by atoms with van der Waals surface area (Å²) in [6.45, 7) is 2.52. The molecule has 0 spiro atoms. The first-order chi connectivity index (χ1) is 12.2. The summed E-state index contributed by atoms with van der Waals surface area (Å²) in [7, 11) is 1.53. The minimum absolute atomic E-state index is 0.0740. The molecule has 0 bridgehead atoms. The molecule has 4 rings (SSSR count). The number of carbonyl (C=O) groups is 1. The Balaban J connectivity index is 1.40. The standard InChI is InChI=1S/C16H19N5O4/c1-23-13-3-4-14(19-18-13)25-11-5-7-20(10-11)15(22)12-9-17-21-6-2-8-24-16(12)21/h3-4,9,11H,2,5-8,10H2,1H3. The van der Waals surface area contributed by atoms with Gasteiger partial charge in [0.25, 0.3) is 5.91 Å². The van der Waals surface area contributed by atoms with Crippen LogP contribution in [0.15, 0.2) is 18.3 Å². The van der Waals surface area contributed by atoms with E-state index in [0.29, 0.717) is 42.9 Å². The molecule has 9 nitrogen and oxygen atoms in total. The maximum atomic E-state index is 12.8. The Kier molecular flexibility index (Phi) is 4.12. The number of amides is 1. The average molecular weight is 345 g/mol. The van der Waals surface area contributed by atoms with Gasteiger partial charge in [0.05, 0.1) is 26.5 Å². The summed E-state index contributed by atoms with van der Waals surface area (Å²) < 4.78 is 18.1. The number of aryl methyl sites for hydroxylation is 1. The number of rotatable bonds is 4. The first-order valence-corrected chi connectivity index (χ1v) is 8.27. The summed E-state index contributed by atoms with van der Waals surface area (Å²) in [6, 6.07) is 3.40. The van der Waals surface area contributed by atoms with E-state index < -0.39 is 0 Å². The van der Waals surface area contributed by atoms with Crippen molar-refractivity contribution in [1.82, 2.24) is 24.9 Å². The molecule has 132 valence electrons. The Morgan fingerprint density at radius 2 is 2.12 bits per heavy atom. The van der Waals surface area contributed by atoms with Gasteiger partial charge in [-0.3, -0.25) is 4.79 Å². The van der Waals surface area contributed by atoms with Gasteiger partial charge >= 0.3 is 0 Å². The lowest BCUT2D eigenvalue weighted by atomic mass is 10.3. The fourth-order valence-electron chi connectivity index (χ4n) is 3.05. The number of nitrogens with zero attached hydrogens (tertiary/aromatic N) is 5. The van der Waals surface area contributed by atoms with Crippen LogP contribution in [0, 0.1) is 0 Å². The van der Waals surface area contributed by atoms with Gasteiger partial charge in [-0.25, -0.2) is 4.68 Å². The molecule has 0 radical (unpaired) electrons. The smallest absolute Gasteiger partial charge is 0.261 e. The number of hydrogen-bond acceptors (Lipinski definition) is 7. The molecule has 2 aromatic heterocycles. The predicted molar refractivity (Wildman–Crippen MR) is 85.9 cm³/mol. The molecular weight excluding hydrogens is 326 g/mol. The van der Waals surface area contributed by atoms with Crippen LogP contribution in [0.3, 0.4) is 0 Å². The van der Waals surface area contributed by atoms with Crippen molar-refractivity contribution in [2.75, 3.05) is 26.8 Å². The highest BCUT2D eigenvalue weighted by molar-refractivity contribution is 5.96. The molecule has 2 aromatic rings. The first-order valence-electron chi connectivity index (χ1n) is 8.27. The molecule has 1 amide bonds. The number of hydrogen-bond donors (Lipinski definition) is 0. The molecule has 25 heavy (non-hydrogen) atoms. The highest BCUT2D eigenvalue weighted by Crippen LogP contribution is 2.26. The highest BCUT2D eigenvalue weighted by Gasteiger charge is 2.32. The van der Waals surface area contributed by atoms with Gasteiger partial charge in [0.15, 0.2) is 0 Å². The number of carbonyl (C=O) groups excluding carboxylic acids is 1. The van der Waals surface area contributed by atoms with E-state index in [-0.39, 0.29) is 12.0 Å². The molecule has 2 aliphatic rings. The van der Waals surface area contributed by atoms with Gasteiger partial charge in [-0.1, -0.05) is 0 Å². The third-order valence-electron chi connectivity index (χ3n) is 4.32. The third-order valence-corrected chi connectivity index (χ3v) is 4.32. The van der Waals surface area contributed by atoms with Crippen LogP contribution < -0.4 is 14.2 Å². The lowest BCUT2D eigenvalue weighted by Gasteiger charge is -2.19. The molecule has 0 saturated carbocycles. The van der Waals surface area contributed by atoms with Crippen molar-refractivity contribution in [3.8, 4) is 17.6 Å². The second kappa shape index (κ2) is 6.58. The fourth-order valence-corrected chi connectivity index (χ4v) is 3.05. The Hall–Kier alpha value is -2.84. The number of methoxy groups -OCH3 is 1. The summed E-state index contributed by atoms with van der Waals surface area (Å²) in [4.78, 5) is 14.5. The van der Waals surface area contributed by atoms with E-state index >= 15 is 0 Å². The molecule has 0 N–H and O–H groups in total. The molecule has 9 heteroatoms. The Bertz CT molecular complexity index is 760. The Morgan fingerprint density at radius 3 is 2.92 bits per heavy atom. The highest BCUT2D eigenvalue weighted by atomic mass is 16.5. The van der Waals surface area contributed by atoms with Crippen LogP contribution in [0.4, 0.5) is 0 Å². The van der Waals surface area contributed by atoms with E-state index in [1.807, 2.05) is 0 Å². The van der Waals surface area contributed by atoms with Crippen molar-refractivity contribution < 1.29 is 19.0 Å². The molecular formula is C16H19N5O4. The van der Waals surface area contributed by atoms with Crippen molar-refractivity contribution in [2.45, 2.75) is 25.5 Å². The van der Waals surface area contributed by atoms with Crippen molar-refractivity contribution in [3.05, 3.63) is 23.9 Å². The maximum Gasteiger partial charge on any atom is 0.261 e. The van der Waals surface area contributed by atoms with Crippen molar-refractivity contribution in [1.29, 1.82) is 0 Å². The SMILES string of the molecule is COc1ccc(OC2CCN(C(=O)c3cnn4c3OCCC4)C2)nn1. The molecule has 1 atom stereocenters. The van der Waals surface area contributed by atoms with E-state index in [2.05, 4.69) is 15.3 Å². The first kappa shape index (κ1) is 15.7. The van der Waals surface area contributed by atoms with Gasteiger partial charge < -0.3 is 19.1 Å². The Labute approximate surface area is 144 Å². The quantitative estimate of drug-likeness (QED) is 0.808. The predicted octanol–water partition coefficient (Wildman–Crippen LogP) is 0.758. The largest absolute Gasteiger partial charge is 0.480 e. The maximum absolute atomic E-state index is 12.8. The number of likely N-dealkylation sites (tertiary alicyclic amines) is 1. The Morgan fingerprint density at radius 1 is 1.28 bits per heavy atom. The van der Waals surface area contributed by atoms with Crippen LogP contribution in [0.1, 0.15) is 23.2 Å². The number of fused-ring (bicyclic) bond motifs is 1. The van der Waals surface area contributed by atoms with Gasteiger partial charge in [0.2, 0.25) is 17.6 Å². The van der Waals surface area contributed by atoms with E-state index in [4.69, 9.17) is 14.2 Å². The summed E-state index contributed by atoms with van der Waals surface area (Å²) in [5.41, 5.74) is 0.518. The van der Waals surface area contributed by atoms with Gasteiger partial charge in [0, 0.05) is 38.1 Å². The second-order valence-corrected chi connectivity index (χ2v) is 5.98. The summed E-state index contributed by atoms with van der Waals surface area (Å²) in [6.07, 6.45) is 3.12. The zero-order valence-corrected chi connectivity index (χ0v) is 13.9. The molecule has 2 aliphatic heterocycles. The minimum atomic E-state index is -0.112. The van der Waals surface area contributed by atoms with Gasteiger partial charge in [0.1, 0.15) is 11.7 Å². The average Bonchev–Trinajstić information content (AvgIpc) is 3.29. The van der Waals surface area contributed by atoms with E-state index in [0.717, 1.165) is 19.4 Å². The summed E-state index contributed by atoms with van der Waals surface area (Å²) >= 11 is 0. The van der Waals surface area contributed by atoms with Crippen molar-refractivity contribution in [2.24, 2.45) is 0 Å². The molecule has 4 heterocycles. The van der Waals surface area contributed by atoms with Gasteiger partial charge in [-0.15, -0.1) is 10.2 Å². The van der Waals surface area contributed by atoms with E-state index in [1.165, 1.54) is 7.11 Å². The lowest BCUT2D eigenvalue weighted by molar-refractivity contribution is 0.0764. The minimum Gasteiger partial charge on any atom is -0.480 e. The van der Waals surface area contributed by atoms with Crippen LogP contribution >= 0.6 is 0 Å². The van der Waals surface area contributed by atoms with Crippen LogP contribution in [-0.2, 0) is 6.54 Å². The molecule has 1 saturated heterocycles. The third kappa shape index (κ3) is 3.09. The van der Waals surface area contributed by atoms with Crippen LogP contribution in [0.25, 0.3) is 0 Å². The van der Waals surface area contributed by atoms with Gasteiger partial charge in [-0.05, 0) is 0 Å². The van der Waals surface area contributed by atoms with Crippen LogP contribution in [0.2, 0.25) is 0 Å². The van der Waals surface area contributed by atoms with Crippen LogP contribution in [-0.4, -0.2) is 63.7 Å². The number of ether oxygens (including phenoxy) is 3. The zero-order chi connectivity index (χ0) is 17.2. The van der Waals surface area contributed by atoms with Gasteiger partial charge in [-0.2, -0.15) is 5.10 Å². The zero-order valence-electron chi connectivity index (χ0n) is 13.9. The summed E-state index contributed by atoms with van der Waals surface area (Å²) in [5, 5.41) is 12.1. The lowest BCUT2D eigenvalue weighted by Crippen LogP contribution is -2.31. The van der Waals surface area contributed by atoms with E-state index in [9.17, 15) is 4.79 Å². The second-order valence-electron chi connectivity index (χ2n) is 5.98. The monoisotopic (exact) mass is 345 g/mol. The number of aromatic nitrogens is 4. The van der Waals surface area contributed by atoms with Crippen LogP contribution in [0.5, 0.6) is 17.6 Å². The fraction of sp³-hybridized carbons (Fsp3) is 0.500. The normalized spacial score (nSPS) is 19.2. The molecule has 1 fully saturated rings. The summed E-state index contributed by atoms with van der Waals surface area (Å²) in [5.74, 6) is 1.35. The molecule has 1 unspecified atom stereocenters. The van der Waals surface area contributed by atoms with Crippen molar-refractivity contribution in [3.63, 3.8) is 0 Å². The van der Waals surface area contributed by atoms with Crippen molar-refractivity contribution >= 4 is 5.91 Å². The van der Waals surface area contributed by atoms with E-state index in [1.54, 1.807) is 27.9 Å².